The van der Waals surface area contributed by atoms with Crippen LogP contribution in [0.4, 0.5) is 0 Å². The highest BCUT2D eigenvalue weighted by Crippen LogP contribution is 2.33. The molecule has 0 bridgehead atoms. The average molecular weight is 366 g/mol. The molecule has 1 aromatic heterocycles. The third-order valence-corrected chi connectivity index (χ3v) is 5.42. The number of para-hydroxylation sites is 2. The van der Waals surface area contributed by atoms with Gasteiger partial charge >= 0.3 is 0 Å². The molecule has 0 N–H and O–H groups in total. The lowest BCUT2D eigenvalue weighted by atomic mass is 10.0. The molecule has 1 aliphatic rings. The first-order valence-electron chi connectivity index (χ1n) is 8.27. The molecule has 26 heavy (non-hydrogen) atoms. The lowest BCUT2D eigenvalue weighted by Gasteiger charge is -2.20. The molecule has 0 radical (unpaired) electrons. The van der Waals surface area contributed by atoms with E-state index in [4.69, 9.17) is 0 Å². The number of aryl methyl sites for hydroxylation is 1. The third-order valence-electron chi connectivity index (χ3n) is 4.41. The maximum atomic E-state index is 12.3. The van der Waals surface area contributed by atoms with Gasteiger partial charge in [-0.05, 0) is 24.6 Å². The molecule has 132 valence electrons. The standard InChI is InChI=1S/C19H18N4O2S/c1-13-7-9-14(10-8-13)17-11-19(23(22-17)26(2,24)25)18-12-20-15-5-3-4-6-16(15)21-18/h3-10,12,19H,11H2,1-2H3/t19-/m1/s1. The lowest BCUT2D eigenvalue weighted by molar-refractivity contribution is 0.368. The Labute approximate surface area is 152 Å². The second kappa shape index (κ2) is 6.17. The highest BCUT2D eigenvalue weighted by molar-refractivity contribution is 7.88. The molecule has 3 aromatic rings. The van der Waals surface area contributed by atoms with Crippen LogP contribution in [0.3, 0.4) is 0 Å². The van der Waals surface area contributed by atoms with E-state index in [2.05, 4.69) is 15.1 Å². The monoisotopic (exact) mass is 366 g/mol. The lowest BCUT2D eigenvalue weighted by Crippen LogP contribution is -2.26. The molecule has 2 aromatic carbocycles. The Morgan fingerprint density at radius 3 is 2.42 bits per heavy atom. The van der Waals surface area contributed by atoms with Gasteiger partial charge in [0.15, 0.2) is 0 Å². The molecule has 0 unspecified atom stereocenters. The number of hydrogen-bond acceptors (Lipinski definition) is 5. The summed E-state index contributed by atoms with van der Waals surface area (Å²) in [5.41, 5.74) is 4.90. The van der Waals surface area contributed by atoms with Crippen molar-refractivity contribution >= 4 is 26.8 Å². The summed E-state index contributed by atoms with van der Waals surface area (Å²) < 4.78 is 25.7. The summed E-state index contributed by atoms with van der Waals surface area (Å²) >= 11 is 0. The Hall–Kier alpha value is -2.80. The van der Waals surface area contributed by atoms with Gasteiger partial charge in [0.1, 0.15) is 6.04 Å². The van der Waals surface area contributed by atoms with Crippen LogP contribution in [0, 0.1) is 6.92 Å². The van der Waals surface area contributed by atoms with Gasteiger partial charge in [-0.25, -0.2) is 13.4 Å². The second-order valence-corrected chi connectivity index (χ2v) is 8.29. The first-order chi connectivity index (χ1) is 12.4. The fraction of sp³-hybridized carbons (Fsp3) is 0.211. The normalized spacial score (nSPS) is 17.5. The van der Waals surface area contributed by atoms with Gasteiger partial charge in [-0.15, -0.1) is 0 Å². The van der Waals surface area contributed by atoms with Crippen LogP contribution in [-0.2, 0) is 10.0 Å². The van der Waals surface area contributed by atoms with Crippen LogP contribution in [0.15, 0.2) is 59.8 Å². The number of hydrogen-bond donors (Lipinski definition) is 0. The zero-order chi connectivity index (χ0) is 18.3. The maximum absolute atomic E-state index is 12.3. The summed E-state index contributed by atoms with van der Waals surface area (Å²) in [5.74, 6) is 0. The van der Waals surface area contributed by atoms with E-state index in [-0.39, 0.29) is 0 Å². The van der Waals surface area contributed by atoms with Crippen molar-refractivity contribution in [1.82, 2.24) is 14.4 Å². The topological polar surface area (TPSA) is 75.5 Å². The van der Waals surface area contributed by atoms with E-state index >= 15 is 0 Å². The van der Waals surface area contributed by atoms with Crippen molar-refractivity contribution in [2.75, 3.05) is 6.26 Å². The number of fused-ring (bicyclic) bond motifs is 1. The number of rotatable bonds is 3. The Bertz CT molecular complexity index is 1110. The Balaban J connectivity index is 1.76. The van der Waals surface area contributed by atoms with Gasteiger partial charge in [0.05, 0.1) is 34.9 Å². The van der Waals surface area contributed by atoms with Crippen molar-refractivity contribution in [3.63, 3.8) is 0 Å². The fourth-order valence-electron chi connectivity index (χ4n) is 3.07. The van der Waals surface area contributed by atoms with Gasteiger partial charge in [-0.2, -0.15) is 9.52 Å². The number of hydrazone groups is 1. The van der Waals surface area contributed by atoms with Crippen LogP contribution in [0.1, 0.15) is 29.3 Å². The molecule has 0 fully saturated rings. The van der Waals surface area contributed by atoms with Gasteiger partial charge in [-0.3, -0.25) is 4.98 Å². The SMILES string of the molecule is Cc1ccc(C2=NN(S(C)(=O)=O)[C@@H](c3cnc4ccccc4n3)C2)cc1. The van der Waals surface area contributed by atoms with Crippen LogP contribution in [0.25, 0.3) is 11.0 Å². The van der Waals surface area contributed by atoms with E-state index in [1.165, 1.54) is 0 Å². The summed E-state index contributed by atoms with van der Waals surface area (Å²) in [7, 11) is -3.52. The second-order valence-electron chi connectivity index (χ2n) is 6.45. The summed E-state index contributed by atoms with van der Waals surface area (Å²) in [6, 6.07) is 14.9. The van der Waals surface area contributed by atoms with Crippen LogP contribution >= 0.6 is 0 Å². The quantitative estimate of drug-likeness (QED) is 0.714. The minimum atomic E-state index is -3.52. The summed E-state index contributed by atoms with van der Waals surface area (Å²) in [6.07, 6.45) is 3.26. The minimum absolute atomic E-state index is 0.461. The van der Waals surface area contributed by atoms with Crippen LogP contribution in [-0.4, -0.2) is 34.8 Å². The highest BCUT2D eigenvalue weighted by atomic mass is 32.2. The smallest absolute Gasteiger partial charge is 0.247 e. The van der Waals surface area contributed by atoms with Crippen molar-refractivity contribution in [3.8, 4) is 0 Å². The van der Waals surface area contributed by atoms with Gasteiger partial charge in [0.2, 0.25) is 10.0 Å². The van der Waals surface area contributed by atoms with Gasteiger partial charge in [0, 0.05) is 6.42 Å². The number of nitrogens with zero attached hydrogens (tertiary/aromatic N) is 4. The van der Waals surface area contributed by atoms with E-state index in [1.54, 1.807) is 6.20 Å². The molecular formula is C19H18N4O2S. The molecule has 0 spiro atoms. The maximum Gasteiger partial charge on any atom is 0.247 e. The van der Waals surface area contributed by atoms with Crippen LogP contribution in [0.5, 0.6) is 0 Å². The predicted octanol–water partition coefficient (Wildman–Crippen LogP) is 3.05. The molecule has 0 aliphatic carbocycles. The van der Waals surface area contributed by atoms with E-state index in [1.807, 2.05) is 55.5 Å². The predicted molar refractivity (Wildman–Crippen MR) is 101 cm³/mol. The molecule has 4 rings (SSSR count). The Kier molecular flexibility index (Phi) is 3.96. The van der Waals surface area contributed by atoms with E-state index in [0.29, 0.717) is 12.1 Å². The molecule has 0 saturated carbocycles. The fourth-order valence-corrected chi connectivity index (χ4v) is 3.96. The number of benzene rings is 2. The first-order valence-corrected chi connectivity index (χ1v) is 10.1. The highest BCUT2D eigenvalue weighted by Gasteiger charge is 2.35. The number of sulfonamides is 1. The zero-order valence-corrected chi connectivity index (χ0v) is 15.3. The summed E-state index contributed by atoms with van der Waals surface area (Å²) in [4.78, 5) is 9.04. The molecule has 0 amide bonds. The largest absolute Gasteiger partial charge is 0.253 e. The molecule has 1 aliphatic heterocycles. The molecule has 6 nitrogen and oxygen atoms in total. The van der Waals surface area contributed by atoms with Crippen molar-refractivity contribution in [2.24, 2.45) is 5.10 Å². The first kappa shape index (κ1) is 16.7. The van der Waals surface area contributed by atoms with Crippen molar-refractivity contribution in [2.45, 2.75) is 19.4 Å². The number of aromatic nitrogens is 2. The van der Waals surface area contributed by atoms with Crippen molar-refractivity contribution in [3.05, 3.63) is 71.5 Å². The molecule has 7 heteroatoms. The van der Waals surface area contributed by atoms with E-state index in [0.717, 1.165) is 38.5 Å². The Morgan fingerprint density at radius 1 is 1.04 bits per heavy atom. The van der Waals surface area contributed by atoms with Crippen LogP contribution < -0.4 is 0 Å². The summed E-state index contributed by atoms with van der Waals surface area (Å²) in [6.45, 7) is 2.01. The minimum Gasteiger partial charge on any atom is -0.253 e. The summed E-state index contributed by atoms with van der Waals surface area (Å²) in [5, 5.41) is 4.39. The average Bonchev–Trinajstić information content (AvgIpc) is 3.08. The zero-order valence-electron chi connectivity index (χ0n) is 14.5. The van der Waals surface area contributed by atoms with Crippen LogP contribution in [0.2, 0.25) is 0 Å². The van der Waals surface area contributed by atoms with Gasteiger partial charge in [-0.1, -0.05) is 42.0 Å². The third kappa shape index (κ3) is 3.06. The van der Waals surface area contributed by atoms with E-state index in [9.17, 15) is 8.42 Å². The van der Waals surface area contributed by atoms with Gasteiger partial charge in [0.25, 0.3) is 0 Å². The molecule has 1 atom stereocenters. The molecule has 2 heterocycles. The van der Waals surface area contributed by atoms with Crippen molar-refractivity contribution in [1.29, 1.82) is 0 Å². The van der Waals surface area contributed by atoms with Crippen molar-refractivity contribution < 1.29 is 8.42 Å². The molecule has 0 saturated heterocycles. The van der Waals surface area contributed by atoms with Gasteiger partial charge < -0.3 is 0 Å². The van der Waals surface area contributed by atoms with E-state index < -0.39 is 16.1 Å². The Morgan fingerprint density at radius 2 is 1.73 bits per heavy atom. The molecular weight excluding hydrogens is 348 g/mol.